The first-order valence-corrected chi connectivity index (χ1v) is 8.16. The van der Waals surface area contributed by atoms with E-state index in [9.17, 15) is 8.42 Å². The van der Waals surface area contributed by atoms with Crippen LogP contribution in [0.25, 0.3) is 10.8 Å². The molecule has 116 valence electrons. The molecule has 0 saturated carbocycles. The third kappa shape index (κ3) is 4.00. The van der Waals surface area contributed by atoms with Gasteiger partial charge in [-0.3, -0.25) is 4.55 Å². The van der Waals surface area contributed by atoms with Crippen LogP contribution in [0.3, 0.4) is 0 Å². The summed E-state index contributed by atoms with van der Waals surface area (Å²) in [5.74, 6) is 0. The molecule has 0 unspecified atom stereocenters. The Morgan fingerprint density at radius 1 is 0.833 bits per heavy atom. The van der Waals surface area contributed by atoms with E-state index in [0.717, 1.165) is 10.8 Å². The summed E-state index contributed by atoms with van der Waals surface area (Å²) in [6, 6.07) is 16.6. The van der Waals surface area contributed by atoms with Crippen LogP contribution in [0.2, 0.25) is 0 Å². The van der Waals surface area contributed by atoms with E-state index in [-0.39, 0.29) is 34.5 Å². The molecule has 0 atom stereocenters. The minimum Gasteiger partial charge on any atom is -0.398 e. The van der Waals surface area contributed by atoms with Gasteiger partial charge < -0.3 is 5.73 Å². The molecule has 6 nitrogen and oxygen atoms in total. The summed E-state index contributed by atoms with van der Waals surface area (Å²) in [6.45, 7) is 0. The summed E-state index contributed by atoms with van der Waals surface area (Å²) in [4.78, 5) is -0.186. The second-order valence-corrected chi connectivity index (χ2v) is 6.31. The monoisotopic (exact) mass is 350 g/mol. The molecule has 0 aliphatic rings. The van der Waals surface area contributed by atoms with Crippen molar-refractivity contribution in [1.82, 2.24) is 0 Å². The minimum atomic E-state index is -4.21. The Bertz CT molecular complexity index is 1000. The second-order valence-electron chi connectivity index (χ2n) is 4.89. The van der Waals surface area contributed by atoms with Crippen LogP contribution in [0.5, 0.6) is 0 Å². The molecule has 0 spiro atoms. The van der Waals surface area contributed by atoms with Crippen LogP contribution in [0.4, 0.5) is 17.1 Å². The number of fused-ring (bicyclic) bond motifs is 1. The summed E-state index contributed by atoms with van der Waals surface area (Å²) >= 11 is 0. The van der Waals surface area contributed by atoms with Crippen molar-refractivity contribution in [1.29, 1.82) is 0 Å². The first-order valence-electron chi connectivity index (χ1n) is 6.72. The van der Waals surface area contributed by atoms with Gasteiger partial charge in [-0.2, -0.15) is 13.5 Å². The third-order valence-electron chi connectivity index (χ3n) is 3.34. The Kier molecular flexibility index (Phi) is 5.74. The van der Waals surface area contributed by atoms with E-state index in [1.54, 1.807) is 12.1 Å². The maximum Gasteiger partial charge on any atom is 1.00 e. The maximum absolute atomic E-state index is 11.0. The van der Waals surface area contributed by atoms with Crippen LogP contribution < -0.4 is 35.3 Å². The molecule has 3 aromatic carbocycles. The van der Waals surface area contributed by atoms with E-state index >= 15 is 0 Å². The molecule has 24 heavy (non-hydrogen) atoms. The molecule has 0 aliphatic heterocycles. The zero-order chi connectivity index (χ0) is 16.4. The van der Waals surface area contributed by atoms with Gasteiger partial charge >= 0.3 is 29.6 Å². The molecule has 0 amide bonds. The molecular formula is C16H13N3NaO3S+. The van der Waals surface area contributed by atoms with Crippen molar-refractivity contribution in [3.63, 3.8) is 0 Å². The summed E-state index contributed by atoms with van der Waals surface area (Å²) in [7, 11) is -4.21. The predicted octanol–water partition coefficient (Wildman–Crippen LogP) is 1.09. The third-order valence-corrected chi connectivity index (χ3v) is 4.21. The molecule has 0 aromatic heterocycles. The van der Waals surface area contributed by atoms with Gasteiger partial charge in [0.25, 0.3) is 10.1 Å². The molecule has 0 bridgehead atoms. The zero-order valence-electron chi connectivity index (χ0n) is 12.9. The van der Waals surface area contributed by atoms with E-state index in [2.05, 4.69) is 10.2 Å². The van der Waals surface area contributed by atoms with Crippen LogP contribution in [-0.2, 0) is 10.1 Å². The van der Waals surface area contributed by atoms with Crippen LogP contribution in [-0.4, -0.2) is 13.0 Å². The van der Waals surface area contributed by atoms with E-state index in [1.165, 1.54) is 24.3 Å². The molecule has 3 N–H and O–H groups in total. The quantitative estimate of drug-likeness (QED) is 0.319. The van der Waals surface area contributed by atoms with Crippen LogP contribution >= 0.6 is 0 Å². The summed E-state index contributed by atoms with van der Waals surface area (Å²) in [5, 5.41) is 10.1. The molecule has 0 heterocycles. The SMILES string of the molecule is Nc1ccc(N=Nc2ccc(S(=O)(=O)O)cc2)c2ccccc12.[Na+]. The van der Waals surface area contributed by atoms with Crippen molar-refractivity contribution in [3.05, 3.63) is 60.7 Å². The molecule has 8 heteroatoms. The van der Waals surface area contributed by atoms with Gasteiger partial charge in [0.1, 0.15) is 0 Å². The van der Waals surface area contributed by atoms with Gasteiger partial charge in [-0.05, 0) is 36.4 Å². The first kappa shape index (κ1) is 18.6. The predicted molar refractivity (Wildman–Crippen MR) is 88.8 cm³/mol. The number of benzene rings is 3. The number of rotatable bonds is 3. The molecule has 3 aromatic rings. The fraction of sp³-hybridized carbons (Fsp3) is 0. The molecule has 3 rings (SSSR count). The number of azo groups is 1. The Morgan fingerprint density at radius 3 is 2.08 bits per heavy atom. The molecular weight excluding hydrogens is 337 g/mol. The molecule has 0 aliphatic carbocycles. The van der Waals surface area contributed by atoms with Crippen molar-refractivity contribution in [3.8, 4) is 0 Å². The summed E-state index contributed by atoms with van der Waals surface area (Å²) in [5.41, 5.74) is 7.73. The van der Waals surface area contributed by atoms with Crippen LogP contribution in [0, 0.1) is 0 Å². The van der Waals surface area contributed by atoms with Crippen LogP contribution in [0.15, 0.2) is 75.8 Å². The Hall–Kier alpha value is -1.77. The zero-order valence-corrected chi connectivity index (χ0v) is 15.7. The smallest absolute Gasteiger partial charge is 0.398 e. The Morgan fingerprint density at radius 2 is 1.46 bits per heavy atom. The fourth-order valence-electron chi connectivity index (χ4n) is 2.19. The normalized spacial score (nSPS) is 11.5. The number of anilines is 1. The Labute approximate surface area is 161 Å². The maximum atomic E-state index is 11.0. The van der Waals surface area contributed by atoms with Crippen molar-refractivity contribution in [2.45, 2.75) is 4.90 Å². The van der Waals surface area contributed by atoms with Crippen LogP contribution in [0.1, 0.15) is 0 Å². The minimum absolute atomic E-state index is 0. The topological polar surface area (TPSA) is 105 Å². The van der Waals surface area contributed by atoms with Gasteiger partial charge in [0.2, 0.25) is 0 Å². The number of hydrogen-bond acceptors (Lipinski definition) is 5. The second kappa shape index (κ2) is 7.42. The largest absolute Gasteiger partial charge is 1.00 e. The molecule has 0 radical (unpaired) electrons. The number of nitrogens with zero attached hydrogens (tertiary/aromatic N) is 2. The fourth-order valence-corrected chi connectivity index (χ4v) is 2.67. The number of hydrogen-bond donors (Lipinski definition) is 2. The summed E-state index contributed by atoms with van der Waals surface area (Å²) < 4.78 is 30.9. The van der Waals surface area contributed by atoms with Crippen molar-refractivity contribution >= 4 is 38.0 Å². The van der Waals surface area contributed by atoms with E-state index in [4.69, 9.17) is 10.3 Å². The number of nitrogen functional groups attached to an aromatic ring is 1. The summed E-state index contributed by atoms with van der Waals surface area (Å²) in [6.07, 6.45) is 0. The van der Waals surface area contributed by atoms with Crippen molar-refractivity contribution in [2.24, 2.45) is 10.2 Å². The van der Waals surface area contributed by atoms with Gasteiger partial charge in [0, 0.05) is 16.5 Å². The molecule has 0 saturated heterocycles. The Balaban J connectivity index is 0.00000208. The van der Waals surface area contributed by atoms with Gasteiger partial charge in [-0.25, -0.2) is 0 Å². The standard InChI is InChI=1S/C16H13N3O3S.Na/c17-15-9-10-16(14-4-2-1-3-13(14)15)19-18-11-5-7-12(8-6-11)23(20,21)22;/h1-10H,17H2,(H,20,21,22);/q;+1. The molecule has 0 fully saturated rings. The van der Waals surface area contributed by atoms with Gasteiger partial charge in [0.05, 0.1) is 16.3 Å². The first-order chi connectivity index (χ1) is 10.9. The van der Waals surface area contributed by atoms with Crippen molar-refractivity contribution in [2.75, 3.05) is 5.73 Å². The van der Waals surface area contributed by atoms with E-state index in [1.807, 2.05) is 24.3 Å². The van der Waals surface area contributed by atoms with Gasteiger partial charge in [0.15, 0.2) is 0 Å². The van der Waals surface area contributed by atoms with Gasteiger partial charge in [-0.1, -0.05) is 24.3 Å². The van der Waals surface area contributed by atoms with E-state index in [0.29, 0.717) is 17.1 Å². The van der Waals surface area contributed by atoms with Crippen molar-refractivity contribution < 1.29 is 42.5 Å². The van der Waals surface area contributed by atoms with E-state index < -0.39 is 10.1 Å². The van der Waals surface area contributed by atoms with Gasteiger partial charge in [-0.15, -0.1) is 5.11 Å². The number of nitrogens with two attached hydrogens (primary N) is 1. The average Bonchev–Trinajstić information content (AvgIpc) is 2.54. The average molecular weight is 350 g/mol.